The molecular formula is C8H9ClFN. The maximum Gasteiger partial charge on any atom is 0.142 e. The number of benzene rings is 1. The van der Waals surface area contributed by atoms with Crippen molar-refractivity contribution in [3.63, 3.8) is 0 Å². The predicted molar refractivity (Wildman–Crippen MR) is 44.0 cm³/mol. The topological polar surface area (TPSA) is 26.0 Å². The molecule has 0 fully saturated rings. The Hall–Kier alpha value is -0.600. The van der Waals surface area contributed by atoms with Crippen LogP contribution in [0.1, 0.15) is 11.1 Å². The lowest BCUT2D eigenvalue weighted by Crippen LogP contribution is -1.99. The highest BCUT2D eigenvalue weighted by atomic mass is 35.5. The minimum Gasteiger partial charge on any atom is -0.326 e. The van der Waals surface area contributed by atoms with Crippen molar-refractivity contribution in [2.24, 2.45) is 5.73 Å². The Balaban J connectivity index is 3.21. The average molecular weight is 174 g/mol. The first-order valence-corrected chi connectivity index (χ1v) is 3.67. The van der Waals surface area contributed by atoms with Crippen molar-refractivity contribution >= 4 is 11.6 Å². The molecule has 0 spiro atoms. The summed E-state index contributed by atoms with van der Waals surface area (Å²) in [6, 6.07) is 2.96. The minimum absolute atomic E-state index is 0.135. The van der Waals surface area contributed by atoms with Crippen molar-refractivity contribution in [2.75, 3.05) is 0 Å². The van der Waals surface area contributed by atoms with Crippen LogP contribution in [0.2, 0.25) is 5.02 Å². The number of halogens is 2. The Bertz CT molecular complexity index is 273. The highest BCUT2D eigenvalue weighted by Crippen LogP contribution is 2.19. The van der Waals surface area contributed by atoms with Gasteiger partial charge in [0, 0.05) is 6.54 Å². The van der Waals surface area contributed by atoms with Crippen molar-refractivity contribution in [2.45, 2.75) is 13.5 Å². The first-order chi connectivity index (χ1) is 5.15. The zero-order valence-corrected chi connectivity index (χ0v) is 6.95. The number of rotatable bonds is 1. The average Bonchev–Trinajstić information content (AvgIpc) is 1.97. The lowest BCUT2D eigenvalue weighted by molar-refractivity contribution is 0.626. The lowest BCUT2D eigenvalue weighted by Gasteiger charge is -2.03. The van der Waals surface area contributed by atoms with Crippen molar-refractivity contribution in [1.29, 1.82) is 0 Å². The summed E-state index contributed by atoms with van der Waals surface area (Å²) < 4.78 is 12.7. The number of hydrogen-bond donors (Lipinski definition) is 1. The number of hydrogen-bond acceptors (Lipinski definition) is 1. The third-order valence-electron chi connectivity index (χ3n) is 1.60. The van der Waals surface area contributed by atoms with Gasteiger partial charge in [-0.25, -0.2) is 4.39 Å². The number of aryl methyl sites for hydroxylation is 1. The van der Waals surface area contributed by atoms with E-state index in [9.17, 15) is 4.39 Å². The highest BCUT2D eigenvalue weighted by Gasteiger charge is 2.02. The van der Waals surface area contributed by atoms with Crippen LogP contribution in [0.15, 0.2) is 12.1 Å². The van der Waals surface area contributed by atoms with Crippen LogP contribution in [0, 0.1) is 12.7 Å². The van der Waals surface area contributed by atoms with E-state index in [0.29, 0.717) is 6.54 Å². The van der Waals surface area contributed by atoms with Crippen LogP contribution in [0.5, 0.6) is 0 Å². The van der Waals surface area contributed by atoms with Gasteiger partial charge in [-0.05, 0) is 30.2 Å². The van der Waals surface area contributed by atoms with Crippen LogP contribution in [0.25, 0.3) is 0 Å². The number of nitrogens with two attached hydrogens (primary N) is 1. The van der Waals surface area contributed by atoms with Gasteiger partial charge in [-0.3, -0.25) is 0 Å². The van der Waals surface area contributed by atoms with Crippen LogP contribution in [0.4, 0.5) is 4.39 Å². The van der Waals surface area contributed by atoms with E-state index in [2.05, 4.69) is 0 Å². The van der Waals surface area contributed by atoms with E-state index in [-0.39, 0.29) is 10.8 Å². The second-order valence-electron chi connectivity index (χ2n) is 2.40. The van der Waals surface area contributed by atoms with E-state index in [1.807, 2.05) is 6.92 Å². The van der Waals surface area contributed by atoms with Crippen molar-refractivity contribution in [1.82, 2.24) is 0 Å². The van der Waals surface area contributed by atoms with Gasteiger partial charge in [0.05, 0.1) is 5.02 Å². The third-order valence-corrected chi connectivity index (χ3v) is 1.89. The third kappa shape index (κ3) is 1.70. The molecule has 0 aliphatic heterocycles. The Labute approximate surface area is 70.0 Å². The monoisotopic (exact) mass is 173 g/mol. The van der Waals surface area contributed by atoms with Gasteiger partial charge in [0.1, 0.15) is 5.82 Å². The molecule has 0 radical (unpaired) electrons. The quantitative estimate of drug-likeness (QED) is 0.693. The van der Waals surface area contributed by atoms with E-state index in [0.717, 1.165) is 11.1 Å². The molecule has 1 rings (SSSR count). The summed E-state index contributed by atoms with van der Waals surface area (Å²) in [5.74, 6) is -0.388. The van der Waals surface area contributed by atoms with Crippen molar-refractivity contribution < 1.29 is 4.39 Å². The molecule has 0 saturated carbocycles. The van der Waals surface area contributed by atoms with Crippen LogP contribution < -0.4 is 5.73 Å². The molecule has 11 heavy (non-hydrogen) atoms. The molecule has 3 heteroatoms. The van der Waals surface area contributed by atoms with Gasteiger partial charge in [0.15, 0.2) is 0 Å². The summed E-state index contributed by atoms with van der Waals surface area (Å²) in [5, 5.41) is 0.135. The van der Waals surface area contributed by atoms with E-state index in [1.165, 1.54) is 6.07 Å². The van der Waals surface area contributed by atoms with E-state index < -0.39 is 0 Å². The van der Waals surface area contributed by atoms with Gasteiger partial charge in [-0.1, -0.05) is 11.6 Å². The van der Waals surface area contributed by atoms with Gasteiger partial charge in [-0.2, -0.15) is 0 Å². The lowest BCUT2D eigenvalue weighted by atomic mass is 10.1. The van der Waals surface area contributed by atoms with Gasteiger partial charge >= 0.3 is 0 Å². The highest BCUT2D eigenvalue weighted by molar-refractivity contribution is 6.30. The predicted octanol–water partition coefficient (Wildman–Crippen LogP) is 2.25. The normalized spacial score (nSPS) is 10.2. The summed E-state index contributed by atoms with van der Waals surface area (Å²) in [6.07, 6.45) is 0. The zero-order chi connectivity index (χ0) is 8.43. The fraction of sp³-hybridized carbons (Fsp3) is 0.250. The van der Waals surface area contributed by atoms with Crippen molar-refractivity contribution in [3.8, 4) is 0 Å². The molecule has 0 aliphatic carbocycles. The van der Waals surface area contributed by atoms with Gasteiger partial charge in [0.25, 0.3) is 0 Å². The summed E-state index contributed by atoms with van der Waals surface area (Å²) in [7, 11) is 0. The summed E-state index contributed by atoms with van der Waals surface area (Å²) in [5.41, 5.74) is 7.12. The molecule has 0 unspecified atom stereocenters. The fourth-order valence-electron chi connectivity index (χ4n) is 0.907. The second-order valence-corrected chi connectivity index (χ2v) is 2.80. The molecule has 0 aliphatic rings. The van der Waals surface area contributed by atoms with Gasteiger partial charge < -0.3 is 5.73 Å². The molecule has 2 N–H and O–H groups in total. The molecule has 0 amide bonds. The molecule has 0 aromatic heterocycles. The standard InChI is InChI=1S/C8H9ClFN/c1-5-2-8(10)7(9)3-6(5)4-11/h2-3H,4,11H2,1H3. The molecule has 1 aromatic rings. The Kier molecular flexibility index (Phi) is 2.47. The summed E-state index contributed by atoms with van der Waals surface area (Å²) in [6.45, 7) is 2.20. The van der Waals surface area contributed by atoms with Crippen LogP contribution >= 0.6 is 11.6 Å². The maximum absolute atomic E-state index is 12.7. The van der Waals surface area contributed by atoms with E-state index in [1.54, 1.807) is 6.07 Å². The molecule has 0 heterocycles. The van der Waals surface area contributed by atoms with E-state index >= 15 is 0 Å². The Morgan fingerprint density at radius 3 is 2.73 bits per heavy atom. The van der Waals surface area contributed by atoms with Gasteiger partial charge in [-0.15, -0.1) is 0 Å². The second kappa shape index (κ2) is 3.20. The Morgan fingerprint density at radius 1 is 1.55 bits per heavy atom. The van der Waals surface area contributed by atoms with Crippen LogP contribution in [-0.2, 0) is 6.54 Å². The van der Waals surface area contributed by atoms with Crippen molar-refractivity contribution in [3.05, 3.63) is 34.1 Å². The smallest absolute Gasteiger partial charge is 0.142 e. The zero-order valence-electron chi connectivity index (χ0n) is 6.20. The van der Waals surface area contributed by atoms with Crippen LogP contribution in [0.3, 0.4) is 0 Å². The molecule has 1 aromatic carbocycles. The molecule has 0 saturated heterocycles. The molecular weight excluding hydrogens is 165 g/mol. The molecule has 0 atom stereocenters. The molecule has 1 nitrogen and oxygen atoms in total. The minimum atomic E-state index is -0.388. The maximum atomic E-state index is 12.7. The SMILES string of the molecule is Cc1cc(F)c(Cl)cc1CN. The first-order valence-electron chi connectivity index (χ1n) is 3.29. The first kappa shape index (κ1) is 8.50. The summed E-state index contributed by atoms with van der Waals surface area (Å²) in [4.78, 5) is 0. The van der Waals surface area contributed by atoms with Gasteiger partial charge in [0.2, 0.25) is 0 Å². The molecule has 0 bridgehead atoms. The Morgan fingerprint density at radius 2 is 2.18 bits per heavy atom. The van der Waals surface area contributed by atoms with E-state index in [4.69, 9.17) is 17.3 Å². The summed E-state index contributed by atoms with van der Waals surface area (Å²) >= 11 is 5.53. The van der Waals surface area contributed by atoms with Crippen LogP contribution in [-0.4, -0.2) is 0 Å². The molecule has 60 valence electrons. The fourth-order valence-corrected chi connectivity index (χ4v) is 1.09. The largest absolute Gasteiger partial charge is 0.326 e.